The van der Waals surface area contributed by atoms with E-state index >= 15 is 0 Å². The molecule has 0 aliphatic heterocycles. The fourth-order valence-electron chi connectivity index (χ4n) is 2.05. The van der Waals surface area contributed by atoms with E-state index in [2.05, 4.69) is 22.5 Å². The minimum Gasteiger partial charge on any atom is -0.445 e. The topological polar surface area (TPSA) is 106 Å². The summed E-state index contributed by atoms with van der Waals surface area (Å²) < 4.78 is 5.68. The summed E-state index contributed by atoms with van der Waals surface area (Å²) in [5, 5.41) is 17.1. The summed E-state index contributed by atoms with van der Waals surface area (Å²) in [5.74, 6) is 0.504. The number of hydrogen-bond acceptors (Lipinski definition) is 6. The number of thiazole rings is 1. The lowest BCUT2D eigenvalue weighted by atomic mass is 10.2. The number of nitro benzene ring substituents is 1. The molecule has 0 saturated heterocycles. The van der Waals surface area contributed by atoms with Gasteiger partial charge in [-0.3, -0.25) is 15.4 Å². The third-order valence-electron chi connectivity index (χ3n) is 3.35. The van der Waals surface area contributed by atoms with Crippen molar-refractivity contribution >= 4 is 28.2 Å². The van der Waals surface area contributed by atoms with Crippen molar-refractivity contribution < 1.29 is 14.5 Å². The Morgan fingerprint density at radius 1 is 1.40 bits per heavy atom. The monoisotopic (exact) mass is 364 g/mol. The van der Waals surface area contributed by atoms with Crippen LogP contribution < -0.4 is 15.4 Å². The Balaban J connectivity index is 1.91. The zero-order chi connectivity index (χ0) is 18.2. The van der Waals surface area contributed by atoms with Crippen molar-refractivity contribution in [1.82, 2.24) is 10.3 Å². The molecule has 0 spiro atoms. The Kier molecular flexibility index (Phi) is 6.70. The van der Waals surface area contributed by atoms with Crippen LogP contribution in [0.3, 0.4) is 0 Å². The number of benzene rings is 1. The Morgan fingerprint density at radius 3 is 2.88 bits per heavy atom. The molecule has 0 unspecified atom stereocenters. The molecule has 1 heterocycles. The first-order valence-corrected chi connectivity index (χ1v) is 8.75. The van der Waals surface area contributed by atoms with Gasteiger partial charge in [-0.15, -0.1) is 0 Å². The van der Waals surface area contributed by atoms with E-state index in [0.717, 1.165) is 19.3 Å². The molecule has 0 atom stereocenters. The molecule has 0 aliphatic carbocycles. The number of carbonyl (C=O) groups excluding carboxylic acids is 1. The second-order valence-corrected chi connectivity index (χ2v) is 6.37. The lowest BCUT2D eigenvalue weighted by Gasteiger charge is -2.06. The molecule has 1 aromatic carbocycles. The summed E-state index contributed by atoms with van der Waals surface area (Å²) in [6.07, 6.45) is 4.61. The first-order chi connectivity index (χ1) is 12.0. The van der Waals surface area contributed by atoms with Crippen LogP contribution in [0, 0.1) is 17.0 Å². The molecular formula is C16H20N4O4S. The van der Waals surface area contributed by atoms with Crippen molar-refractivity contribution in [2.45, 2.75) is 33.1 Å². The van der Waals surface area contributed by atoms with Gasteiger partial charge in [-0.05, 0) is 25.0 Å². The number of aryl methyl sites for hydroxylation is 1. The summed E-state index contributed by atoms with van der Waals surface area (Å²) in [6.45, 7) is 4.45. The lowest BCUT2D eigenvalue weighted by molar-refractivity contribution is -0.384. The molecule has 9 heteroatoms. The third kappa shape index (κ3) is 5.71. The number of urea groups is 1. The van der Waals surface area contributed by atoms with Crippen molar-refractivity contribution in [3.63, 3.8) is 0 Å². The fourth-order valence-corrected chi connectivity index (χ4v) is 2.73. The Bertz CT molecular complexity index is 747. The zero-order valence-corrected chi connectivity index (χ0v) is 14.9. The Hall–Kier alpha value is -2.68. The number of aromatic nitrogens is 1. The number of unbranched alkanes of at least 4 members (excludes halogenated alkanes) is 2. The highest BCUT2D eigenvalue weighted by Crippen LogP contribution is 2.33. The van der Waals surface area contributed by atoms with E-state index < -0.39 is 4.92 Å². The molecule has 0 radical (unpaired) electrons. The Morgan fingerprint density at radius 2 is 2.20 bits per heavy atom. The molecule has 2 amide bonds. The number of hydrogen-bond donors (Lipinski definition) is 2. The maximum atomic E-state index is 11.7. The molecule has 2 aromatic rings. The van der Waals surface area contributed by atoms with Gasteiger partial charge in [-0.2, -0.15) is 0 Å². The van der Waals surface area contributed by atoms with Crippen LogP contribution in [0.4, 0.5) is 15.6 Å². The van der Waals surface area contributed by atoms with Gasteiger partial charge in [-0.25, -0.2) is 9.78 Å². The highest BCUT2D eigenvalue weighted by Gasteiger charge is 2.12. The summed E-state index contributed by atoms with van der Waals surface area (Å²) >= 11 is 1.18. The molecule has 25 heavy (non-hydrogen) atoms. The average Bonchev–Trinajstić information content (AvgIpc) is 3.00. The molecule has 134 valence electrons. The van der Waals surface area contributed by atoms with Gasteiger partial charge in [0.1, 0.15) is 5.75 Å². The first kappa shape index (κ1) is 18.7. The largest absolute Gasteiger partial charge is 0.445 e. The number of rotatable bonds is 8. The second kappa shape index (κ2) is 8.97. The van der Waals surface area contributed by atoms with Crippen molar-refractivity contribution in [1.29, 1.82) is 0 Å². The summed E-state index contributed by atoms with van der Waals surface area (Å²) in [4.78, 5) is 26.1. The second-order valence-electron chi connectivity index (χ2n) is 5.38. The van der Waals surface area contributed by atoms with Gasteiger partial charge in [0.2, 0.25) is 5.06 Å². The van der Waals surface area contributed by atoms with Crippen molar-refractivity contribution in [3.05, 3.63) is 40.1 Å². The number of carbonyl (C=O) groups is 1. The minimum atomic E-state index is -0.454. The van der Waals surface area contributed by atoms with Crippen molar-refractivity contribution in [2.75, 3.05) is 11.9 Å². The van der Waals surface area contributed by atoms with Crippen LogP contribution in [-0.4, -0.2) is 22.5 Å². The van der Waals surface area contributed by atoms with Gasteiger partial charge in [0.05, 0.1) is 11.1 Å². The van der Waals surface area contributed by atoms with Crippen LogP contribution in [0.1, 0.15) is 31.7 Å². The predicted octanol–water partition coefficient (Wildman–Crippen LogP) is 4.46. The zero-order valence-electron chi connectivity index (χ0n) is 14.1. The highest BCUT2D eigenvalue weighted by atomic mass is 32.1. The molecule has 1 aromatic heterocycles. The molecule has 0 bridgehead atoms. The van der Waals surface area contributed by atoms with E-state index in [-0.39, 0.29) is 11.7 Å². The summed E-state index contributed by atoms with van der Waals surface area (Å²) in [5.41, 5.74) is 0.655. The normalized spacial score (nSPS) is 10.3. The standard InChI is InChI=1S/C16H20N4O4S/c1-3-4-5-8-17-15(21)19-16-18-10-14(25-16)24-13-7-6-12(20(22)23)9-11(13)2/h6-7,9-10H,3-5,8H2,1-2H3,(H2,17,18,19,21). The van der Waals surface area contributed by atoms with Crippen LogP contribution in [0.5, 0.6) is 10.8 Å². The minimum absolute atomic E-state index is 0.0104. The van der Waals surface area contributed by atoms with E-state index in [9.17, 15) is 14.9 Å². The van der Waals surface area contributed by atoms with Crippen molar-refractivity contribution in [3.8, 4) is 10.8 Å². The number of amides is 2. The number of nitro groups is 1. The third-order valence-corrected chi connectivity index (χ3v) is 4.14. The smallest absolute Gasteiger partial charge is 0.321 e. The molecule has 2 rings (SSSR count). The van der Waals surface area contributed by atoms with Crippen molar-refractivity contribution in [2.24, 2.45) is 0 Å². The molecule has 0 fully saturated rings. The number of nitrogens with one attached hydrogen (secondary N) is 2. The number of anilines is 1. The van der Waals surface area contributed by atoms with E-state index in [4.69, 9.17) is 4.74 Å². The number of non-ortho nitro benzene ring substituents is 1. The van der Waals surface area contributed by atoms with E-state index in [1.165, 1.54) is 29.7 Å². The highest BCUT2D eigenvalue weighted by molar-refractivity contribution is 7.17. The van der Waals surface area contributed by atoms with Crippen LogP contribution in [0.2, 0.25) is 0 Å². The quantitative estimate of drug-likeness (QED) is 0.408. The fraction of sp³-hybridized carbons (Fsp3) is 0.375. The SMILES string of the molecule is CCCCCNC(=O)Nc1ncc(Oc2ccc([N+](=O)[O-])cc2C)s1. The predicted molar refractivity (Wildman–Crippen MR) is 96.6 cm³/mol. The van der Waals surface area contributed by atoms with Gasteiger partial charge in [0, 0.05) is 18.7 Å². The van der Waals surface area contributed by atoms with Gasteiger partial charge < -0.3 is 10.1 Å². The molecule has 2 N–H and O–H groups in total. The number of nitrogens with zero attached hydrogens (tertiary/aromatic N) is 2. The maximum absolute atomic E-state index is 11.7. The van der Waals surface area contributed by atoms with E-state index in [1.54, 1.807) is 13.0 Å². The van der Waals surface area contributed by atoms with E-state index in [1.807, 2.05) is 0 Å². The first-order valence-electron chi connectivity index (χ1n) is 7.93. The molecule has 0 aliphatic rings. The molecular weight excluding hydrogens is 344 g/mol. The van der Waals surface area contributed by atoms with Crippen LogP contribution in [0.25, 0.3) is 0 Å². The lowest BCUT2D eigenvalue weighted by Crippen LogP contribution is -2.29. The molecule has 8 nitrogen and oxygen atoms in total. The van der Waals surface area contributed by atoms with E-state index in [0.29, 0.717) is 28.1 Å². The van der Waals surface area contributed by atoms with Crippen LogP contribution >= 0.6 is 11.3 Å². The summed E-state index contributed by atoms with van der Waals surface area (Å²) in [6, 6.07) is 4.07. The van der Waals surface area contributed by atoms with Gasteiger partial charge >= 0.3 is 6.03 Å². The van der Waals surface area contributed by atoms with Crippen LogP contribution in [-0.2, 0) is 0 Å². The van der Waals surface area contributed by atoms with Gasteiger partial charge in [-0.1, -0.05) is 31.1 Å². The van der Waals surface area contributed by atoms with Gasteiger partial charge in [0.15, 0.2) is 5.13 Å². The van der Waals surface area contributed by atoms with Gasteiger partial charge in [0.25, 0.3) is 5.69 Å². The molecule has 0 saturated carbocycles. The average molecular weight is 364 g/mol. The Labute approximate surface area is 149 Å². The summed E-state index contributed by atoms with van der Waals surface area (Å²) in [7, 11) is 0. The van der Waals surface area contributed by atoms with Crippen LogP contribution in [0.15, 0.2) is 24.4 Å². The maximum Gasteiger partial charge on any atom is 0.321 e. The number of ether oxygens (including phenoxy) is 1.